The summed E-state index contributed by atoms with van der Waals surface area (Å²) in [6.07, 6.45) is -2.05. The average Bonchev–Trinajstić information content (AvgIpc) is 2.94. The number of hydrogen-bond donors (Lipinski definition) is 2. The molecule has 0 aromatic rings. The molecule has 5 nitrogen and oxygen atoms in total. The molecule has 0 saturated heterocycles. The first kappa shape index (κ1) is 16.1. The number of amides is 1. The van der Waals surface area contributed by atoms with E-state index in [0.717, 1.165) is 19.3 Å². The number of carboxylic acids is 1. The molecule has 0 radical (unpaired) electrons. The molecule has 2 saturated carbocycles. The second-order valence-corrected chi connectivity index (χ2v) is 5.71. The minimum Gasteiger partial charge on any atom is -0.481 e. The second kappa shape index (κ2) is 6.21. The van der Waals surface area contributed by atoms with Gasteiger partial charge in [0.2, 0.25) is 5.91 Å². The molecule has 2 N–H and O–H groups in total. The van der Waals surface area contributed by atoms with Crippen LogP contribution in [0, 0.1) is 17.8 Å². The Morgan fingerprint density at radius 1 is 1.24 bits per heavy atom. The Bertz CT molecular complexity index is 413. The van der Waals surface area contributed by atoms with Crippen molar-refractivity contribution in [2.75, 3.05) is 13.2 Å². The monoisotopic (exact) mass is 309 g/mol. The van der Waals surface area contributed by atoms with Crippen LogP contribution in [0.15, 0.2) is 0 Å². The number of hydrogen-bond acceptors (Lipinski definition) is 3. The van der Waals surface area contributed by atoms with Crippen LogP contribution in [0.5, 0.6) is 0 Å². The zero-order valence-corrected chi connectivity index (χ0v) is 11.4. The van der Waals surface area contributed by atoms with Gasteiger partial charge >= 0.3 is 12.1 Å². The van der Waals surface area contributed by atoms with Gasteiger partial charge in [-0.1, -0.05) is 0 Å². The molecule has 2 aliphatic carbocycles. The standard InChI is InChI=1S/C13H18F3NO4/c14-13(15,16)6-21-4-3-9(18)17-11-8-2-1-7(5-8)10(11)12(19)20/h7-8,10-11H,1-6H2,(H,17,18)(H,19,20). The van der Waals surface area contributed by atoms with Gasteiger partial charge in [0, 0.05) is 12.5 Å². The lowest BCUT2D eigenvalue weighted by molar-refractivity contribution is -0.174. The van der Waals surface area contributed by atoms with Crippen molar-refractivity contribution in [2.24, 2.45) is 17.8 Å². The zero-order chi connectivity index (χ0) is 15.6. The summed E-state index contributed by atoms with van der Waals surface area (Å²) in [5.74, 6) is -1.69. The Labute approximate surface area is 119 Å². The Balaban J connectivity index is 1.76. The number of alkyl halides is 3. The summed E-state index contributed by atoms with van der Waals surface area (Å²) in [6.45, 7) is -1.71. The van der Waals surface area contributed by atoms with Gasteiger partial charge in [-0.3, -0.25) is 9.59 Å². The topological polar surface area (TPSA) is 75.6 Å². The maximum absolute atomic E-state index is 11.9. The van der Waals surface area contributed by atoms with Crippen molar-refractivity contribution in [1.29, 1.82) is 0 Å². The molecule has 1 amide bonds. The molecule has 0 aliphatic heterocycles. The predicted octanol–water partition coefficient (Wildman–Crippen LogP) is 1.57. The molecule has 0 heterocycles. The van der Waals surface area contributed by atoms with E-state index in [1.165, 1.54) is 0 Å². The lowest BCUT2D eigenvalue weighted by Crippen LogP contribution is -2.47. The SMILES string of the molecule is O=C(CCOCC(F)(F)F)NC1C2CCC(C2)C1C(=O)O. The van der Waals surface area contributed by atoms with Gasteiger partial charge in [-0.25, -0.2) is 0 Å². The third-order valence-electron chi connectivity index (χ3n) is 4.27. The molecule has 0 aromatic heterocycles. The van der Waals surface area contributed by atoms with Crippen LogP contribution in [0.4, 0.5) is 13.2 Å². The largest absolute Gasteiger partial charge is 0.481 e. The quantitative estimate of drug-likeness (QED) is 0.730. The first-order valence-corrected chi connectivity index (χ1v) is 6.94. The lowest BCUT2D eigenvalue weighted by atomic mass is 9.84. The maximum atomic E-state index is 11.9. The molecular formula is C13H18F3NO4. The number of rotatable bonds is 6. The van der Waals surface area contributed by atoms with Gasteiger partial charge in [-0.2, -0.15) is 13.2 Å². The fraction of sp³-hybridized carbons (Fsp3) is 0.846. The van der Waals surface area contributed by atoms with E-state index >= 15 is 0 Å². The average molecular weight is 309 g/mol. The molecule has 2 bridgehead atoms. The molecule has 0 spiro atoms. The number of carbonyl (C=O) groups excluding carboxylic acids is 1. The molecule has 120 valence electrons. The van der Waals surface area contributed by atoms with Gasteiger partial charge in [-0.05, 0) is 31.1 Å². The lowest BCUT2D eigenvalue weighted by Gasteiger charge is -2.28. The van der Waals surface area contributed by atoms with E-state index < -0.39 is 36.6 Å². The number of ether oxygens (including phenoxy) is 1. The minimum absolute atomic E-state index is 0.0966. The van der Waals surface area contributed by atoms with Crippen molar-refractivity contribution < 1.29 is 32.6 Å². The summed E-state index contributed by atoms with van der Waals surface area (Å²) < 4.78 is 39.9. The van der Waals surface area contributed by atoms with E-state index in [1.807, 2.05) is 0 Å². The second-order valence-electron chi connectivity index (χ2n) is 5.71. The molecule has 4 unspecified atom stereocenters. The molecule has 2 aliphatic rings. The summed E-state index contributed by atoms with van der Waals surface area (Å²) in [6, 6.07) is -0.406. The number of fused-ring (bicyclic) bond motifs is 2. The molecule has 0 aromatic carbocycles. The summed E-state index contributed by atoms with van der Waals surface area (Å²) in [7, 11) is 0. The van der Waals surface area contributed by atoms with Crippen LogP contribution in [0.2, 0.25) is 0 Å². The van der Waals surface area contributed by atoms with Gasteiger partial charge in [0.15, 0.2) is 0 Å². The Morgan fingerprint density at radius 3 is 2.52 bits per heavy atom. The number of halogens is 3. The van der Waals surface area contributed by atoms with Crippen LogP contribution < -0.4 is 5.32 Å². The van der Waals surface area contributed by atoms with Gasteiger partial charge in [0.1, 0.15) is 6.61 Å². The van der Waals surface area contributed by atoms with Gasteiger partial charge in [0.25, 0.3) is 0 Å². The summed E-state index contributed by atoms with van der Waals surface area (Å²) in [4.78, 5) is 23.0. The van der Waals surface area contributed by atoms with Crippen LogP contribution >= 0.6 is 0 Å². The minimum atomic E-state index is -4.41. The smallest absolute Gasteiger partial charge is 0.411 e. The Hall–Kier alpha value is -1.31. The highest BCUT2D eigenvalue weighted by Crippen LogP contribution is 2.48. The predicted molar refractivity (Wildman–Crippen MR) is 65.4 cm³/mol. The third-order valence-corrected chi connectivity index (χ3v) is 4.27. The van der Waals surface area contributed by atoms with E-state index in [2.05, 4.69) is 10.1 Å². The van der Waals surface area contributed by atoms with E-state index in [4.69, 9.17) is 0 Å². The highest BCUT2D eigenvalue weighted by Gasteiger charge is 2.51. The Kier molecular flexibility index (Phi) is 4.75. The fourth-order valence-electron chi connectivity index (χ4n) is 3.47. The number of nitrogens with one attached hydrogen (secondary N) is 1. The van der Waals surface area contributed by atoms with Gasteiger partial charge < -0.3 is 15.2 Å². The van der Waals surface area contributed by atoms with Crippen LogP contribution in [-0.2, 0) is 14.3 Å². The summed E-state index contributed by atoms with van der Waals surface area (Å²) in [5.41, 5.74) is 0. The molecule has 2 fully saturated rings. The van der Waals surface area contributed by atoms with E-state index in [9.17, 15) is 27.9 Å². The Morgan fingerprint density at radius 2 is 1.90 bits per heavy atom. The van der Waals surface area contributed by atoms with Crippen LogP contribution in [0.1, 0.15) is 25.7 Å². The molecule has 21 heavy (non-hydrogen) atoms. The number of carboxylic acid groups (broad SMARTS) is 1. The van der Waals surface area contributed by atoms with Crippen molar-refractivity contribution in [3.63, 3.8) is 0 Å². The van der Waals surface area contributed by atoms with Crippen LogP contribution in [-0.4, -0.2) is 42.4 Å². The number of carbonyl (C=O) groups is 2. The van der Waals surface area contributed by atoms with Crippen LogP contribution in [0.3, 0.4) is 0 Å². The summed E-state index contributed by atoms with van der Waals surface area (Å²) in [5, 5.41) is 11.9. The first-order chi connectivity index (χ1) is 9.78. The molecule has 2 rings (SSSR count). The summed E-state index contributed by atoms with van der Waals surface area (Å²) >= 11 is 0. The zero-order valence-electron chi connectivity index (χ0n) is 11.4. The molecule has 4 atom stereocenters. The van der Waals surface area contributed by atoms with Crippen molar-refractivity contribution >= 4 is 11.9 Å². The van der Waals surface area contributed by atoms with Crippen molar-refractivity contribution in [3.05, 3.63) is 0 Å². The van der Waals surface area contributed by atoms with Crippen molar-refractivity contribution in [2.45, 2.75) is 37.9 Å². The normalized spacial score (nSPS) is 31.4. The maximum Gasteiger partial charge on any atom is 0.411 e. The van der Waals surface area contributed by atoms with Crippen molar-refractivity contribution in [3.8, 4) is 0 Å². The van der Waals surface area contributed by atoms with Crippen molar-refractivity contribution in [1.82, 2.24) is 5.32 Å². The molecule has 8 heteroatoms. The van der Waals surface area contributed by atoms with E-state index in [-0.39, 0.29) is 24.9 Å². The fourth-order valence-corrected chi connectivity index (χ4v) is 3.47. The van der Waals surface area contributed by atoms with E-state index in [0.29, 0.717) is 0 Å². The highest BCUT2D eigenvalue weighted by molar-refractivity contribution is 5.78. The number of aliphatic carboxylic acids is 1. The van der Waals surface area contributed by atoms with Crippen LogP contribution in [0.25, 0.3) is 0 Å². The highest BCUT2D eigenvalue weighted by atomic mass is 19.4. The van der Waals surface area contributed by atoms with E-state index in [1.54, 1.807) is 0 Å². The first-order valence-electron chi connectivity index (χ1n) is 6.94. The van der Waals surface area contributed by atoms with Gasteiger partial charge in [-0.15, -0.1) is 0 Å². The molecular weight excluding hydrogens is 291 g/mol. The van der Waals surface area contributed by atoms with Gasteiger partial charge in [0.05, 0.1) is 12.5 Å². The third kappa shape index (κ3) is 4.09.